The van der Waals surface area contributed by atoms with Gasteiger partial charge in [0.05, 0.1) is 78.7 Å². The second kappa shape index (κ2) is 36.6. The molecule has 6 amide bonds. The Kier molecular flexibility index (Phi) is 27.1. The van der Waals surface area contributed by atoms with Gasteiger partial charge in [-0.15, -0.1) is 17.9 Å². The van der Waals surface area contributed by atoms with E-state index in [4.69, 9.17) is 33.9 Å². The average Bonchev–Trinajstić information content (AvgIpc) is 1.57. The predicted molar refractivity (Wildman–Crippen MR) is 458 cm³/mol. The number of sulfone groups is 1. The summed E-state index contributed by atoms with van der Waals surface area (Å²) in [5.74, 6) is -7.68. The van der Waals surface area contributed by atoms with Crippen molar-refractivity contribution in [2.45, 2.75) is 236 Å². The van der Waals surface area contributed by atoms with E-state index in [0.717, 1.165) is 53.8 Å². The number of piperidine rings is 2. The maximum Gasteiger partial charge on any atom is 0.265 e. The number of nitrogens with one attached hydrogen (secondary N) is 2. The molecule has 0 radical (unpaired) electrons. The molecule has 3 saturated carbocycles. The minimum Gasteiger partial charge on any atom is -0.497 e. The van der Waals surface area contributed by atoms with Crippen LogP contribution in [0, 0.1) is 41.4 Å². The SMILES string of the molecule is C=CC(C)[C@@](C)(NC(=O)[C@@H]1C[C@@H](Oc2cc(-c3ccccc3)nc3cc(OC)ccc23)CN1C(=O)[C@@H](CC(=O)N1CCCCC1)C(C)(C)C)C(=O)NS(=O)(=O)C1CC1.COc1ccc2c(O[C@@H]3C[C@H]4C(=O)C[C@]5(C(=O)CS(=O)(=O)C6CC6)C[C@H]5/C=C\CCCCC[C@H](CC(=O)N5CCCC(F)(F)C5)C(=O)N4C3)cc(-c3nc(C(C)C)cs3)nc2c1C. The first-order chi connectivity index (χ1) is 57.4. The lowest BCUT2D eigenvalue weighted by Crippen LogP contribution is -2.64. The summed E-state index contributed by atoms with van der Waals surface area (Å²) in [6, 6.07) is 20.3. The molecule has 10 atom stereocenters. The highest BCUT2D eigenvalue weighted by molar-refractivity contribution is 7.93. The summed E-state index contributed by atoms with van der Waals surface area (Å²) in [6.45, 7) is 19.5. The number of thiazole rings is 1. The highest BCUT2D eigenvalue weighted by Crippen LogP contribution is 2.58. The Morgan fingerprint density at radius 2 is 1.42 bits per heavy atom. The second-order valence-corrected chi connectivity index (χ2v) is 41.1. The third-order valence-electron chi connectivity index (χ3n) is 25.7. The number of ether oxygens (including phenoxy) is 4. The molecule has 8 heterocycles. The van der Waals surface area contributed by atoms with E-state index in [9.17, 15) is 64.0 Å². The number of hydrogen-bond donors (Lipinski definition) is 2. The minimum absolute atomic E-state index is 0.00884. The predicted octanol–water partition coefficient (Wildman–Crippen LogP) is 13.7. The van der Waals surface area contributed by atoms with Crippen LogP contribution in [0.5, 0.6) is 23.0 Å². The van der Waals surface area contributed by atoms with Crippen molar-refractivity contribution in [1.82, 2.24) is 44.6 Å². The van der Waals surface area contributed by atoms with E-state index in [1.807, 2.05) is 123 Å². The van der Waals surface area contributed by atoms with E-state index < -0.39 is 136 Å². The van der Waals surface area contributed by atoms with E-state index in [0.29, 0.717) is 126 Å². The Hall–Kier alpha value is -9.29. The van der Waals surface area contributed by atoms with Crippen molar-refractivity contribution in [3.05, 3.63) is 114 Å². The summed E-state index contributed by atoms with van der Waals surface area (Å²) in [5, 5.41) is 5.75. The van der Waals surface area contributed by atoms with Crippen LogP contribution in [0.4, 0.5) is 8.78 Å². The molecule has 6 aromatic rings. The van der Waals surface area contributed by atoms with Crippen molar-refractivity contribution in [3.63, 3.8) is 0 Å². The number of fused-ring (bicyclic) bond motifs is 4. The van der Waals surface area contributed by atoms with Crippen LogP contribution in [-0.2, 0) is 58.2 Å². The van der Waals surface area contributed by atoms with Crippen LogP contribution in [0.15, 0.2) is 103 Å². The summed E-state index contributed by atoms with van der Waals surface area (Å²) >= 11 is 1.47. The number of benzene rings is 3. The lowest BCUT2D eigenvalue weighted by molar-refractivity contribution is -0.149. The lowest BCUT2D eigenvalue weighted by atomic mass is 9.77. The zero-order valence-electron chi connectivity index (χ0n) is 71.0. The molecule has 4 saturated heterocycles. The molecule has 25 nitrogen and oxygen atoms in total. The average molecular weight is 1730 g/mol. The number of alkyl halides is 2. The first kappa shape index (κ1) is 89.5. The van der Waals surface area contributed by atoms with E-state index >= 15 is 0 Å². The molecule has 30 heteroatoms. The Morgan fingerprint density at radius 1 is 0.744 bits per heavy atom. The van der Waals surface area contributed by atoms with Crippen molar-refractivity contribution in [2.75, 3.05) is 59.2 Å². The summed E-state index contributed by atoms with van der Waals surface area (Å²) in [4.78, 5) is 135. The smallest absolute Gasteiger partial charge is 0.265 e. The molecule has 8 aliphatic rings. The largest absolute Gasteiger partial charge is 0.497 e. The number of aromatic nitrogens is 3. The van der Waals surface area contributed by atoms with Gasteiger partial charge >= 0.3 is 0 Å². The zero-order chi connectivity index (χ0) is 86.8. The molecule has 652 valence electrons. The number of amides is 6. The second-order valence-electron chi connectivity index (χ2n) is 36.0. The van der Waals surface area contributed by atoms with Gasteiger partial charge in [-0.1, -0.05) is 103 Å². The van der Waals surface area contributed by atoms with Gasteiger partial charge < -0.3 is 43.9 Å². The standard InChI is InChI=1S/C47H58F2N4O8S2.C44H57N5O8S/c1-28(2)36-25-62-44(51-36)35-21-40(34-15-16-39(60-4)29(3)43(34)50-35)61-32-20-37-38(54)23-46(41(55)26-63(58,59)33-13-14-33)22-31(46)12-9-7-5-6-8-11-30(45(57)53(37)24-32)19-42(56)52-18-10-17-47(48,49)27-52;1-8-28(2)44(6,42(53)47-58(54,55)32-18-19-32)46-40(51)37-24-31(27-49(37)41(52)34(43(3,4)5)25-39(50)48-21-13-10-14-22-48)57-38-26-35(29-15-11-9-12-16-29)45-36-23-30(56-7)17-20-33(36)38/h9,12,15-16,21,25,28,30-33,37H,5-8,10-11,13-14,17-20,22-24,26-27H2,1-4H3;8-9,11-12,15-17,20,23,26,28,31-32,34,37H,1,10,13-14,18-19,21-22,24-25,27H2,2-7H3,(H,46,51)(H,47,53)/b12-9-;/t30-,31-,32-,37+,46-;28?,31-,34-,37+,44-/m11/s1. The molecular formula is C91H115F2N9O16S3. The number of halogens is 2. The Bertz CT molecular complexity index is 5200. The topological polar surface area (TPSA) is 317 Å². The van der Waals surface area contributed by atoms with Crippen LogP contribution in [0.2, 0.25) is 0 Å². The monoisotopic (exact) mass is 1720 g/mol. The first-order valence-electron chi connectivity index (χ1n) is 42.7. The quantitative estimate of drug-likeness (QED) is 0.0503. The number of aryl methyl sites for hydroxylation is 1. The number of carbonyl (C=O) groups excluding carboxylic acids is 8. The van der Waals surface area contributed by atoms with Gasteiger partial charge in [-0.2, -0.15) is 0 Å². The first-order valence-corrected chi connectivity index (χ1v) is 46.9. The summed E-state index contributed by atoms with van der Waals surface area (Å²) in [7, 11) is -4.44. The molecule has 3 aromatic heterocycles. The summed E-state index contributed by atoms with van der Waals surface area (Å²) < 4.78 is 108. The van der Waals surface area contributed by atoms with Crippen molar-refractivity contribution in [2.24, 2.45) is 34.5 Å². The number of sulfonamides is 1. The number of ketones is 2. The van der Waals surface area contributed by atoms with Gasteiger partial charge in [0.1, 0.15) is 63.2 Å². The van der Waals surface area contributed by atoms with Gasteiger partial charge in [-0.3, -0.25) is 43.1 Å². The van der Waals surface area contributed by atoms with Crippen molar-refractivity contribution >= 4 is 100 Å². The van der Waals surface area contributed by atoms with Crippen molar-refractivity contribution < 1.29 is 82.9 Å². The summed E-state index contributed by atoms with van der Waals surface area (Å²) in [6.07, 6.45) is 11.8. The van der Waals surface area contributed by atoms with Gasteiger partial charge in [0.25, 0.3) is 11.8 Å². The molecule has 121 heavy (non-hydrogen) atoms. The molecule has 0 bridgehead atoms. The van der Waals surface area contributed by atoms with E-state index in [1.54, 1.807) is 21.1 Å². The number of pyridine rings is 2. The van der Waals surface area contributed by atoms with Crippen LogP contribution >= 0.6 is 11.3 Å². The van der Waals surface area contributed by atoms with Gasteiger partial charge in [0.2, 0.25) is 39.6 Å². The van der Waals surface area contributed by atoms with Gasteiger partial charge in [-0.25, -0.2) is 40.6 Å². The third kappa shape index (κ3) is 20.5. The molecule has 7 fully saturated rings. The molecule has 0 spiro atoms. The lowest BCUT2D eigenvalue weighted by Gasteiger charge is -2.38. The van der Waals surface area contributed by atoms with Gasteiger partial charge in [-0.05, 0) is 132 Å². The normalized spacial score (nSPS) is 24.2. The number of allylic oxidation sites excluding steroid dienone is 2. The van der Waals surface area contributed by atoms with E-state index in [-0.39, 0.29) is 94.0 Å². The van der Waals surface area contributed by atoms with Crippen molar-refractivity contribution in [1.29, 1.82) is 0 Å². The highest BCUT2D eigenvalue weighted by atomic mass is 32.2. The Labute approximate surface area is 712 Å². The van der Waals surface area contributed by atoms with E-state index in [2.05, 4.69) is 30.5 Å². The molecule has 3 aliphatic carbocycles. The zero-order valence-corrected chi connectivity index (χ0v) is 73.5. The Balaban J connectivity index is 0.000000210. The molecule has 5 aliphatic heterocycles. The molecule has 3 aromatic carbocycles. The van der Waals surface area contributed by atoms with Crippen LogP contribution < -0.4 is 29.0 Å². The van der Waals surface area contributed by atoms with Crippen LogP contribution in [-0.4, -0.2) is 204 Å². The van der Waals surface area contributed by atoms with Crippen LogP contribution in [0.1, 0.15) is 194 Å². The van der Waals surface area contributed by atoms with E-state index in [1.165, 1.54) is 34.1 Å². The number of hydrogen-bond acceptors (Lipinski definition) is 20. The van der Waals surface area contributed by atoms with Crippen LogP contribution in [0.25, 0.3) is 43.8 Å². The third-order valence-corrected chi connectivity index (χ3v) is 30.6. The molecule has 14 rings (SSSR count). The maximum absolute atomic E-state index is 15.0. The Morgan fingerprint density at radius 3 is 2.08 bits per heavy atom. The fraction of sp³-hybridized carbons (Fsp3) is 0.571. The fourth-order valence-corrected chi connectivity index (χ4v) is 21.6. The molecule has 2 N–H and O–H groups in total. The fourth-order valence-electron chi connectivity index (χ4n) is 17.5. The number of nitrogens with zero attached hydrogens (tertiary/aromatic N) is 7. The number of carbonyl (C=O) groups is 8. The molecular weight excluding hydrogens is 1610 g/mol. The van der Waals surface area contributed by atoms with Crippen molar-refractivity contribution in [3.8, 4) is 45.0 Å². The summed E-state index contributed by atoms with van der Waals surface area (Å²) in [5.41, 5.74) is 1.48. The highest BCUT2D eigenvalue weighted by Gasteiger charge is 2.61. The maximum atomic E-state index is 15.0. The number of rotatable bonds is 25. The number of methoxy groups -OCH3 is 2. The minimum atomic E-state index is -3.95. The number of Topliss-reactive ketones (excluding diaryl/α,β-unsaturated/α-hetero) is 2. The van der Waals surface area contributed by atoms with Crippen LogP contribution in [0.3, 0.4) is 0 Å². The molecule has 1 unspecified atom stereocenters. The van der Waals surface area contributed by atoms with Gasteiger partial charge in [0, 0.05) is 121 Å². The number of likely N-dealkylation sites (tertiary alicyclic amines) is 3. The van der Waals surface area contributed by atoms with Gasteiger partial charge in [0.15, 0.2) is 21.4 Å².